The van der Waals surface area contributed by atoms with Crippen molar-refractivity contribution < 1.29 is 0 Å². The molecule has 1 heterocycles. The summed E-state index contributed by atoms with van der Waals surface area (Å²) < 4.78 is 0. The van der Waals surface area contributed by atoms with Crippen LogP contribution in [0.5, 0.6) is 0 Å². The fourth-order valence-corrected chi connectivity index (χ4v) is 2.58. The molecule has 72 valence electrons. The molecule has 2 nitrogen and oxygen atoms in total. The van der Waals surface area contributed by atoms with Gasteiger partial charge in [-0.15, -0.1) is 0 Å². The van der Waals surface area contributed by atoms with Gasteiger partial charge in [0.2, 0.25) is 0 Å². The first kappa shape index (κ1) is 9.21. The number of rotatable bonds is 1. The maximum Gasteiger partial charge on any atom is 0.0847 e. The van der Waals surface area contributed by atoms with Crippen LogP contribution >= 0.6 is 0 Å². The predicted molar refractivity (Wildman–Crippen MR) is 54.5 cm³/mol. The minimum Gasteiger partial charge on any atom is -0.264 e. The molecule has 1 aliphatic carbocycles. The van der Waals surface area contributed by atoms with Crippen LogP contribution in [0.2, 0.25) is 0 Å². The number of hydrogen-bond acceptors (Lipinski definition) is 2. The number of nitriles is 1. The van der Waals surface area contributed by atoms with E-state index in [-0.39, 0.29) is 5.41 Å². The van der Waals surface area contributed by atoms with E-state index in [2.05, 4.69) is 24.9 Å². The van der Waals surface area contributed by atoms with Crippen molar-refractivity contribution >= 4 is 0 Å². The van der Waals surface area contributed by atoms with Crippen molar-refractivity contribution in [2.24, 2.45) is 5.41 Å². The molecule has 1 fully saturated rings. The van der Waals surface area contributed by atoms with Crippen LogP contribution in [0.15, 0.2) is 24.5 Å². The van der Waals surface area contributed by atoms with Gasteiger partial charge in [0.05, 0.1) is 11.5 Å². The summed E-state index contributed by atoms with van der Waals surface area (Å²) in [5.41, 5.74) is 1.12. The molecule has 14 heavy (non-hydrogen) atoms. The summed E-state index contributed by atoms with van der Waals surface area (Å²) in [5.74, 6) is 0. The fourth-order valence-electron chi connectivity index (χ4n) is 2.58. The van der Waals surface area contributed by atoms with Crippen LogP contribution < -0.4 is 0 Å². The van der Waals surface area contributed by atoms with Gasteiger partial charge in [0, 0.05) is 12.4 Å². The van der Waals surface area contributed by atoms with E-state index < -0.39 is 0 Å². The summed E-state index contributed by atoms with van der Waals surface area (Å²) >= 11 is 0. The third-order valence-corrected chi connectivity index (χ3v) is 2.99. The molecular weight excluding hydrogens is 172 g/mol. The Morgan fingerprint density at radius 3 is 2.57 bits per heavy atom. The van der Waals surface area contributed by atoms with Crippen molar-refractivity contribution in [2.45, 2.75) is 32.1 Å². The lowest BCUT2D eigenvalue weighted by molar-refractivity contribution is 0.0997. The highest BCUT2D eigenvalue weighted by atomic mass is 14.6. The van der Waals surface area contributed by atoms with Gasteiger partial charge in [-0.3, -0.25) is 4.98 Å². The number of pyridine rings is 1. The van der Waals surface area contributed by atoms with Gasteiger partial charge >= 0.3 is 0 Å². The molecule has 1 aliphatic rings. The zero-order valence-electron chi connectivity index (χ0n) is 8.62. The first-order valence-electron chi connectivity index (χ1n) is 4.90. The third-order valence-electron chi connectivity index (χ3n) is 2.99. The summed E-state index contributed by atoms with van der Waals surface area (Å²) in [6.07, 6.45) is 5.46. The topological polar surface area (TPSA) is 36.7 Å². The number of aromatic nitrogens is 1. The van der Waals surface area contributed by atoms with Crippen LogP contribution in [0.3, 0.4) is 0 Å². The molecule has 0 bridgehead atoms. The Morgan fingerprint density at radius 1 is 1.43 bits per heavy atom. The van der Waals surface area contributed by atoms with E-state index >= 15 is 0 Å². The smallest absolute Gasteiger partial charge is 0.0847 e. The Hall–Kier alpha value is -1.36. The molecule has 2 heteroatoms. The van der Waals surface area contributed by atoms with E-state index in [0.29, 0.717) is 5.41 Å². The van der Waals surface area contributed by atoms with Gasteiger partial charge < -0.3 is 0 Å². The number of nitrogens with zero attached hydrogens (tertiary/aromatic N) is 2. The Kier molecular flexibility index (Phi) is 1.85. The maximum atomic E-state index is 9.24. The third kappa shape index (κ3) is 1.29. The van der Waals surface area contributed by atoms with Gasteiger partial charge in [-0.1, -0.05) is 19.9 Å². The molecule has 1 saturated carbocycles. The SMILES string of the molecule is CC1(C)CC(C#N)(c2cccnc2)C1. The highest BCUT2D eigenvalue weighted by molar-refractivity contribution is 5.35. The van der Waals surface area contributed by atoms with Crippen molar-refractivity contribution in [1.82, 2.24) is 4.98 Å². The monoisotopic (exact) mass is 186 g/mol. The van der Waals surface area contributed by atoms with Crippen LogP contribution in [0.25, 0.3) is 0 Å². The minimum atomic E-state index is -0.266. The van der Waals surface area contributed by atoms with Crippen LogP contribution in [0.4, 0.5) is 0 Å². The van der Waals surface area contributed by atoms with E-state index in [1.165, 1.54) is 0 Å². The Labute approximate surface area is 84.6 Å². The average molecular weight is 186 g/mol. The van der Waals surface area contributed by atoms with Crippen LogP contribution in [-0.4, -0.2) is 4.98 Å². The molecule has 2 rings (SSSR count). The standard InChI is InChI=1S/C12H14N2/c1-11(2)7-12(8-11,9-13)10-4-3-5-14-6-10/h3-6H,7-8H2,1-2H3. The van der Waals surface area contributed by atoms with Crippen LogP contribution in [0, 0.1) is 16.7 Å². The normalized spacial score (nSPS) is 22.1. The quantitative estimate of drug-likeness (QED) is 0.676. The van der Waals surface area contributed by atoms with Crippen LogP contribution in [0.1, 0.15) is 32.3 Å². The first-order chi connectivity index (χ1) is 6.58. The summed E-state index contributed by atoms with van der Waals surface area (Å²) in [4.78, 5) is 4.08. The van der Waals surface area contributed by atoms with Gasteiger partial charge in [-0.05, 0) is 29.9 Å². The maximum absolute atomic E-state index is 9.24. The van der Waals surface area contributed by atoms with Gasteiger partial charge in [0.1, 0.15) is 0 Å². The molecule has 0 spiro atoms. The Bertz CT molecular complexity index is 365. The van der Waals surface area contributed by atoms with E-state index in [0.717, 1.165) is 18.4 Å². The molecule has 0 saturated heterocycles. The molecule has 0 radical (unpaired) electrons. The lowest BCUT2D eigenvalue weighted by atomic mass is 9.53. The van der Waals surface area contributed by atoms with Crippen molar-refractivity contribution in [3.63, 3.8) is 0 Å². The van der Waals surface area contributed by atoms with Crippen molar-refractivity contribution in [3.8, 4) is 6.07 Å². The summed E-state index contributed by atoms with van der Waals surface area (Å²) in [7, 11) is 0. The highest BCUT2D eigenvalue weighted by Crippen LogP contribution is 2.54. The van der Waals surface area contributed by atoms with Crippen molar-refractivity contribution in [2.75, 3.05) is 0 Å². The first-order valence-corrected chi connectivity index (χ1v) is 4.90. The van der Waals surface area contributed by atoms with Gasteiger partial charge in [-0.2, -0.15) is 5.26 Å². The van der Waals surface area contributed by atoms with Crippen LogP contribution in [-0.2, 0) is 5.41 Å². The van der Waals surface area contributed by atoms with Crippen molar-refractivity contribution in [3.05, 3.63) is 30.1 Å². The molecule has 0 atom stereocenters. The molecular formula is C12H14N2. The molecule has 1 aromatic heterocycles. The molecule has 1 aromatic rings. The summed E-state index contributed by atoms with van der Waals surface area (Å²) in [5, 5.41) is 9.24. The lowest BCUT2D eigenvalue weighted by Crippen LogP contribution is -2.45. The fraction of sp³-hybridized carbons (Fsp3) is 0.500. The number of hydrogen-bond donors (Lipinski definition) is 0. The van der Waals surface area contributed by atoms with Gasteiger partial charge in [-0.25, -0.2) is 0 Å². The Balaban J connectivity index is 2.31. The van der Waals surface area contributed by atoms with E-state index in [9.17, 15) is 5.26 Å². The lowest BCUT2D eigenvalue weighted by Gasteiger charge is -2.49. The molecule has 0 aromatic carbocycles. The summed E-state index contributed by atoms with van der Waals surface area (Å²) in [6.45, 7) is 4.41. The average Bonchev–Trinajstić information content (AvgIpc) is 2.15. The van der Waals surface area contributed by atoms with Gasteiger partial charge in [0.25, 0.3) is 0 Å². The largest absolute Gasteiger partial charge is 0.264 e. The second-order valence-corrected chi connectivity index (χ2v) is 4.95. The molecule has 0 unspecified atom stereocenters. The molecule has 0 amide bonds. The minimum absolute atomic E-state index is 0.266. The zero-order valence-corrected chi connectivity index (χ0v) is 8.62. The molecule has 0 N–H and O–H groups in total. The van der Waals surface area contributed by atoms with E-state index in [1.807, 2.05) is 18.3 Å². The predicted octanol–water partition coefficient (Wildman–Crippen LogP) is 2.66. The summed E-state index contributed by atoms with van der Waals surface area (Å²) in [6, 6.07) is 6.35. The van der Waals surface area contributed by atoms with E-state index in [4.69, 9.17) is 0 Å². The zero-order chi connectivity index (χ0) is 10.2. The second kappa shape index (κ2) is 2.81. The Morgan fingerprint density at radius 2 is 2.14 bits per heavy atom. The highest BCUT2D eigenvalue weighted by Gasteiger charge is 2.50. The second-order valence-electron chi connectivity index (χ2n) is 4.95. The van der Waals surface area contributed by atoms with E-state index in [1.54, 1.807) is 6.20 Å². The van der Waals surface area contributed by atoms with Gasteiger partial charge in [0.15, 0.2) is 0 Å². The molecule has 0 aliphatic heterocycles. The van der Waals surface area contributed by atoms with Crippen molar-refractivity contribution in [1.29, 1.82) is 5.26 Å².